The molecule has 0 aliphatic rings. The van der Waals surface area contributed by atoms with E-state index in [4.69, 9.17) is 50.5 Å². The van der Waals surface area contributed by atoms with Crippen LogP contribution in [0.5, 0.6) is 17.2 Å². The predicted molar refractivity (Wildman–Crippen MR) is 193 cm³/mol. The van der Waals surface area contributed by atoms with E-state index in [0.29, 0.717) is 73.5 Å². The number of carbonyl (C=O) groups excluding carboxylic acids is 1. The number of hydrogen-bond acceptors (Lipinski definition) is 12. The van der Waals surface area contributed by atoms with Crippen molar-refractivity contribution in [1.82, 2.24) is 25.3 Å². The molecule has 19 heteroatoms. The average molecular weight is 801 g/mol. The van der Waals surface area contributed by atoms with E-state index in [0.717, 1.165) is 25.7 Å². The van der Waals surface area contributed by atoms with Gasteiger partial charge < -0.3 is 49.2 Å². The minimum atomic E-state index is -1.85. The van der Waals surface area contributed by atoms with Gasteiger partial charge in [-0.15, -0.1) is 11.6 Å². The smallest absolute Gasteiger partial charge is 0.258 e. The van der Waals surface area contributed by atoms with Crippen molar-refractivity contribution in [1.29, 1.82) is 0 Å². The maximum absolute atomic E-state index is 14.6. The number of nitrogen functional groups attached to an aromatic ring is 1. The second-order valence-corrected chi connectivity index (χ2v) is 12.2. The van der Waals surface area contributed by atoms with Crippen LogP contribution in [0.15, 0.2) is 30.6 Å². The van der Waals surface area contributed by atoms with E-state index >= 15 is 0 Å². The number of aromatic amines is 1. The molecule has 2 aromatic carbocycles. The molecular weight excluding hydrogens is 756 g/mol. The van der Waals surface area contributed by atoms with Crippen LogP contribution in [-0.4, -0.2) is 97.8 Å². The summed E-state index contributed by atoms with van der Waals surface area (Å²) in [7, 11) is 0. The lowest BCUT2D eigenvalue weighted by molar-refractivity contribution is -0.123. The molecule has 4 N–H and O–H groups in total. The maximum atomic E-state index is 14.6. The first kappa shape index (κ1) is 43.2. The number of ether oxygens (including phenoxy) is 7. The second-order valence-electron chi connectivity index (χ2n) is 11.8. The molecule has 0 unspecified atom stereocenters. The molecule has 1 amide bonds. The summed E-state index contributed by atoms with van der Waals surface area (Å²) >= 11 is 5.64. The molecule has 0 aliphatic carbocycles. The quantitative estimate of drug-likeness (QED) is 0.0289. The molecule has 0 saturated heterocycles. The van der Waals surface area contributed by atoms with Gasteiger partial charge in [-0.2, -0.15) is 22.5 Å². The molecule has 2 aromatic heterocycles. The topological polar surface area (TPSA) is 174 Å². The molecule has 0 radical (unpaired) electrons. The lowest BCUT2D eigenvalue weighted by atomic mass is 10.2. The third-order valence-corrected chi connectivity index (χ3v) is 7.93. The Morgan fingerprint density at radius 1 is 0.709 bits per heavy atom. The zero-order valence-electron chi connectivity index (χ0n) is 30.2. The highest BCUT2D eigenvalue weighted by Crippen LogP contribution is 2.34. The van der Waals surface area contributed by atoms with Gasteiger partial charge in [0.05, 0.1) is 39.4 Å². The first-order chi connectivity index (χ1) is 26.8. The number of aromatic nitrogens is 4. The Morgan fingerprint density at radius 2 is 1.29 bits per heavy atom. The number of amides is 1. The van der Waals surface area contributed by atoms with Gasteiger partial charge in [0.25, 0.3) is 5.91 Å². The van der Waals surface area contributed by atoms with E-state index < -0.39 is 53.9 Å². The highest BCUT2D eigenvalue weighted by molar-refractivity contribution is 6.17. The van der Waals surface area contributed by atoms with Crippen LogP contribution in [0.4, 0.5) is 23.5 Å². The Balaban J connectivity index is 1.06. The third-order valence-electron chi connectivity index (χ3n) is 7.66. The van der Waals surface area contributed by atoms with Gasteiger partial charge in [0.15, 0.2) is 23.8 Å². The van der Waals surface area contributed by atoms with Crippen LogP contribution >= 0.6 is 11.6 Å². The van der Waals surface area contributed by atoms with Gasteiger partial charge in [-0.25, -0.2) is 9.97 Å². The van der Waals surface area contributed by atoms with Crippen LogP contribution in [0.2, 0.25) is 0 Å². The summed E-state index contributed by atoms with van der Waals surface area (Å²) in [6.45, 7) is 1.73. The number of alkyl halides is 1. The highest BCUT2D eigenvalue weighted by Gasteiger charge is 2.28. The van der Waals surface area contributed by atoms with E-state index in [1.807, 2.05) is 0 Å². The molecule has 4 rings (SSSR count). The zero-order chi connectivity index (χ0) is 39.3. The number of hydrogen-bond donors (Lipinski definition) is 3. The Kier molecular flexibility index (Phi) is 19.0. The van der Waals surface area contributed by atoms with Gasteiger partial charge in [0.2, 0.25) is 29.2 Å². The minimum absolute atomic E-state index is 0.0105. The number of fused-ring (bicyclic) bond motifs is 1. The summed E-state index contributed by atoms with van der Waals surface area (Å²) in [4.78, 5) is 27.5. The van der Waals surface area contributed by atoms with Crippen molar-refractivity contribution in [3.05, 3.63) is 65.1 Å². The molecule has 0 saturated carbocycles. The number of anilines is 1. The van der Waals surface area contributed by atoms with Crippen molar-refractivity contribution < 1.29 is 55.5 Å². The Morgan fingerprint density at radius 3 is 1.95 bits per heavy atom. The van der Waals surface area contributed by atoms with Crippen LogP contribution in [0.3, 0.4) is 0 Å². The van der Waals surface area contributed by atoms with Crippen LogP contribution in [-0.2, 0) is 36.9 Å². The molecule has 302 valence electrons. The van der Waals surface area contributed by atoms with E-state index in [1.165, 1.54) is 6.33 Å². The number of rotatable bonds is 28. The SMILES string of the molecule is Nc1nc(COc2ccc(CNC(=O)COc3c(F)c(F)c(OCCOCCOCCCOCCOCCCCCCCl)c(F)c3F)cc2)c2[nH]cnc2n1. The number of benzene rings is 2. The van der Waals surface area contributed by atoms with Gasteiger partial charge >= 0.3 is 0 Å². The van der Waals surface area contributed by atoms with Crippen LogP contribution < -0.4 is 25.3 Å². The average Bonchev–Trinajstić information content (AvgIpc) is 3.66. The Bertz CT molecular complexity index is 1730. The summed E-state index contributed by atoms with van der Waals surface area (Å²) in [5.41, 5.74) is 7.88. The van der Waals surface area contributed by atoms with Gasteiger partial charge in [0, 0.05) is 32.2 Å². The number of nitrogens with one attached hydrogen (secondary N) is 2. The summed E-state index contributed by atoms with van der Waals surface area (Å²) in [6, 6.07) is 6.65. The maximum Gasteiger partial charge on any atom is 0.258 e. The molecule has 55 heavy (non-hydrogen) atoms. The number of H-pyrrole nitrogens is 1. The predicted octanol–water partition coefficient (Wildman–Crippen LogP) is 5.40. The number of nitrogens with zero attached hydrogens (tertiary/aromatic N) is 3. The fourth-order valence-corrected chi connectivity index (χ4v) is 5.06. The first-order valence-electron chi connectivity index (χ1n) is 17.7. The molecule has 14 nitrogen and oxygen atoms in total. The number of carbonyl (C=O) groups is 1. The number of imidazole rings is 1. The summed E-state index contributed by atoms with van der Waals surface area (Å²) < 4.78 is 95.6. The second kappa shape index (κ2) is 24.1. The fourth-order valence-electron chi connectivity index (χ4n) is 4.87. The molecule has 0 bridgehead atoms. The Labute approximate surface area is 320 Å². The van der Waals surface area contributed by atoms with Crippen LogP contribution in [0.1, 0.15) is 43.4 Å². The third kappa shape index (κ3) is 14.6. The number of halogens is 5. The normalized spacial score (nSPS) is 11.3. The van der Waals surface area contributed by atoms with Gasteiger partial charge in [-0.05, 0) is 37.0 Å². The first-order valence-corrected chi connectivity index (χ1v) is 18.2. The molecule has 0 aliphatic heterocycles. The largest absolute Gasteiger partial charge is 0.487 e. The van der Waals surface area contributed by atoms with Crippen molar-refractivity contribution in [2.24, 2.45) is 0 Å². The molecule has 2 heterocycles. The molecule has 4 aromatic rings. The van der Waals surface area contributed by atoms with Crippen LogP contribution in [0, 0.1) is 23.3 Å². The van der Waals surface area contributed by atoms with Crippen molar-refractivity contribution in [2.75, 3.05) is 77.7 Å². The molecule has 0 atom stereocenters. The van der Waals surface area contributed by atoms with Gasteiger partial charge in [0.1, 0.15) is 30.2 Å². The molecule has 0 spiro atoms. The van der Waals surface area contributed by atoms with Gasteiger partial charge in [-0.1, -0.05) is 25.0 Å². The number of nitrogens with two attached hydrogens (primary N) is 1. The molecular formula is C36H45ClF4N6O8. The van der Waals surface area contributed by atoms with E-state index in [9.17, 15) is 22.4 Å². The Hall–Kier alpha value is -4.49. The van der Waals surface area contributed by atoms with Crippen molar-refractivity contribution in [2.45, 2.75) is 45.3 Å². The van der Waals surface area contributed by atoms with E-state index in [1.54, 1.807) is 24.3 Å². The monoisotopic (exact) mass is 800 g/mol. The van der Waals surface area contributed by atoms with E-state index in [-0.39, 0.29) is 38.9 Å². The van der Waals surface area contributed by atoms with Crippen LogP contribution in [0.25, 0.3) is 11.2 Å². The van der Waals surface area contributed by atoms with Crippen molar-refractivity contribution in [3.63, 3.8) is 0 Å². The van der Waals surface area contributed by atoms with E-state index in [2.05, 4.69) is 25.3 Å². The summed E-state index contributed by atoms with van der Waals surface area (Å²) in [5.74, 6) is -9.56. The number of unbranched alkanes of at least 4 members (excludes halogenated alkanes) is 3. The minimum Gasteiger partial charge on any atom is -0.487 e. The molecule has 0 fully saturated rings. The summed E-state index contributed by atoms with van der Waals surface area (Å²) in [5, 5.41) is 2.49. The van der Waals surface area contributed by atoms with Gasteiger partial charge in [-0.3, -0.25) is 4.79 Å². The van der Waals surface area contributed by atoms with Crippen molar-refractivity contribution in [3.8, 4) is 17.2 Å². The lowest BCUT2D eigenvalue weighted by Crippen LogP contribution is -2.29. The van der Waals surface area contributed by atoms with Crippen molar-refractivity contribution >= 4 is 34.6 Å². The summed E-state index contributed by atoms with van der Waals surface area (Å²) in [6.07, 6.45) is 6.40. The standard InChI is InChI=1S/C36H45ClF4N6O8/c37-10-3-1-2-4-11-49-14-15-50-12-5-13-51-16-17-52-18-19-53-33-28(38)30(40)34(31(41)29(33)39)55-22-27(48)43-20-24-6-8-25(9-7-24)54-21-26-32-35(45-23-44-32)47-36(42)46-26/h6-9,23H,1-5,10-22H2,(H,43,48)(H3,42,44,45,46,47). The lowest BCUT2D eigenvalue weighted by Gasteiger charge is -2.14. The fraction of sp³-hybridized carbons (Fsp3) is 0.500. The zero-order valence-corrected chi connectivity index (χ0v) is 30.9. The highest BCUT2D eigenvalue weighted by atomic mass is 35.5.